The lowest BCUT2D eigenvalue weighted by molar-refractivity contribution is -0.136. The Hall–Kier alpha value is -2.78. The summed E-state index contributed by atoms with van der Waals surface area (Å²) in [7, 11) is -3.77. The first-order chi connectivity index (χ1) is 15.2. The Kier molecular flexibility index (Phi) is 7.63. The summed E-state index contributed by atoms with van der Waals surface area (Å²) in [5.41, 5.74) is 2.47. The van der Waals surface area contributed by atoms with Crippen molar-refractivity contribution in [2.75, 3.05) is 18.4 Å². The molecule has 0 saturated carbocycles. The summed E-state index contributed by atoms with van der Waals surface area (Å²) in [6.07, 6.45) is 2.65. The summed E-state index contributed by atoms with van der Waals surface area (Å²) < 4.78 is 40.7. The van der Waals surface area contributed by atoms with Gasteiger partial charge in [-0.2, -0.15) is 4.31 Å². The second kappa shape index (κ2) is 10.2. The highest BCUT2D eigenvalue weighted by molar-refractivity contribution is 7.89. The van der Waals surface area contributed by atoms with E-state index in [2.05, 4.69) is 10.6 Å². The molecular weight excluding hydrogens is 433 g/mol. The number of benzene rings is 2. The van der Waals surface area contributed by atoms with E-state index in [-0.39, 0.29) is 17.5 Å². The van der Waals surface area contributed by atoms with Crippen LogP contribution in [-0.2, 0) is 19.6 Å². The molecule has 1 saturated heterocycles. The first-order valence-electron chi connectivity index (χ1n) is 10.6. The molecule has 172 valence electrons. The van der Waals surface area contributed by atoms with Crippen molar-refractivity contribution in [2.24, 2.45) is 0 Å². The van der Waals surface area contributed by atoms with E-state index < -0.39 is 27.7 Å². The summed E-state index contributed by atoms with van der Waals surface area (Å²) >= 11 is 0. The van der Waals surface area contributed by atoms with Crippen molar-refractivity contribution in [3.8, 4) is 0 Å². The molecule has 1 atom stereocenters. The predicted octanol–water partition coefficient (Wildman–Crippen LogP) is 3.13. The molecule has 0 spiro atoms. The third-order valence-corrected chi connectivity index (χ3v) is 7.78. The van der Waals surface area contributed by atoms with Gasteiger partial charge < -0.3 is 10.6 Å². The van der Waals surface area contributed by atoms with E-state index >= 15 is 0 Å². The minimum absolute atomic E-state index is 0.0442. The number of carbonyl (C=O) groups excluding carboxylic acids is 2. The smallest absolute Gasteiger partial charge is 0.313 e. The average Bonchev–Trinajstić information content (AvgIpc) is 2.77. The lowest BCUT2D eigenvalue weighted by Crippen LogP contribution is -2.45. The van der Waals surface area contributed by atoms with Gasteiger partial charge in [0, 0.05) is 24.8 Å². The van der Waals surface area contributed by atoms with E-state index in [0.29, 0.717) is 25.1 Å². The Bertz CT molecular complexity index is 1090. The van der Waals surface area contributed by atoms with Gasteiger partial charge in [0.2, 0.25) is 10.0 Å². The first kappa shape index (κ1) is 23.9. The Morgan fingerprint density at radius 2 is 1.78 bits per heavy atom. The third-order valence-electron chi connectivity index (χ3n) is 5.82. The van der Waals surface area contributed by atoms with Gasteiger partial charge in [0.1, 0.15) is 5.82 Å². The zero-order valence-corrected chi connectivity index (χ0v) is 19.0. The number of anilines is 1. The molecule has 0 unspecified atom stereocenters. The molecule has 32 heavy (non-hydrogen) atoms. The Morgan fingerprint density at radius 1 is 1.06 bits per heavy atom. The van der Waals surface area contributed by atoms with E-state index in [4.69, 9.17) is 0 Å². The van der Waals surface area contributed by atoms with Gasteiger partial charge in [0.05, 0.1) is 4.90 Å². The molecule has 0 bridgehead atoms. The van der Waals surface area contributed by atoms with Gasteiger partial charge in [0.25, 0.3) is 0 Å². The number of amides is 2. The van der Waals surface area contributed by atoms with E-state index in [1.54, 1.807) is 12.1 Å². The molecule has 9 heteroatoms. The maximum atomic E-state index is 13.2. The summed E-state index contributed by atoms with van der Waals surface area (Å²) in [6, 6.07) is 9.91. The molecule has 1 fully saturated rings. The molecule has 3 rings (SSSR count). The number of nitrogens with zero attached hydrogens (tertiary/aromatic N) is 1. The van der Waals surface area contributed by atoms with Gasteiger partial charge in [0.15, 0.2) is 0 Å². The van der Waals surface area contributed by atoms with E-state index in [1.165, 1.54) is 16.4 Å². The highest BCUT2D eigenvalue weighted by Gasteiger charge is 2.33. The molecular formula is C23H28FN3O4S. The second-order valence-corrected chi connectivity index (χ2v) is 9.86. The van der Waals surface area contributed by atoms with Crippen LogP contribution < -0.4 is 10.6 Å². The van der Waals surface area contributed by atoms with Crippen LogP contribution >= 0.6 is 0 Å². The molecule has 2 N–H and O–H groups in total. The van der Waals surface area contributed by atoms with Gasteiger partial charge in [-0.15, -0.1) is 0 Å². The van der Waals surface area contributed by atoms with E-state index in [0.717, 1.165) is 36.1 Å². The standard InChI is InChI=1S/C23H28FN3O4S/c1-16-6-5-8-21(17(16)2)26-23(29)22(28)25-14-13-19-7-3-4-15-27(19)32(30,31)20-11-9-18(24)10-12-20/h5-6,8-12,19H,3-4,7,13-15H2,1-2H3,(H,25,28)(H,26,29)/t19-/m0/s1. The van der Waals surface area contributed by atoms with Crippen LogP contribution in [0.2, 0.25) is 0 Å². The van der Waals surface area contributed by atoms with Gasteiger partial charge in [-0.1, -0.05) is 18.6 Å². The lowest BCUT2D eigenvalue weighted by Gasteiger charge is -2.34. The first-order valence-corrected chi connectivity index (χ1v) is 12.1. The number of carbonyl (C=O) groups is 2. The number of rotatable bonds is 6. The topological polar surface area (TPSA) is 95.6 Å². The number of hydrogen-bond acceptors (Lipinski definition) is 4. The average molecular weight is 462 g/mol. The van der Waals surface area contributed by atoms with Crippen LogP contribution in [0.25, 0.3) is 0 Å². The van der Waals surface area contributed by atoms with Crippen molar-refractivity contribution in [1.29, 1.82) is 0 Å². The fourth-order valence-electron chi connectivity index (χ4n) is 3.82. The quantitative estimate of drug-likeness (QED) is 0.646. The van der Waals surface area contributed by atoms with Crippen molar-refractivity contribution < 1.29 is 22.4 Å². The molecule has 2 aromatic carbocycles. The highest BCUT2D eigenvalue weighted by atomic mass is 32.2. The Balaban J connectivity index is 1.58. The molecule has 2 aromatic rings. The maximum absolute atomic E-state index is 13.2. The van der Waals surface area contributed by atoms with Crippen LogP contribution in [0.5, 0.6) is 0 Å². The van der Waals surface area contributed by atoms with Gasteiger partial charge in [-0.05, 0) is 74.6 Å². The summed E-state index contributed by atoms with van der Waals surface area (Å²) in [5.74, 6) is -2.03. The summed E-state index contributed by atoms with van der Waals surface area (Å²) in [5, 5.41) is 5.19. The van der Waals surface area contributed by atoms with Crippen molar-refractivity contribution >= 4 is 27.5 Å². The minimum atomic E-state index is -3.77. The van der Waals surface area contributed by atoms with Crippen molar-refractivity contribution in [2.45, 2.75) is 50.5 Å². The highest BCUT2D eigenvalue weighted by Crippen LogP contribution is 2.27. The van der Waals surface area contributed by atoms with Crippen LogP contribution in [0.1, 0.15) is 36.8 Å². The van der Waals surface area contributed by atoms with Gasteiger partial charge >= 0.3 is 11.8 Å². The van der Waals surface area contributed by atoms with Crippen LogP contribution in [0.3, 0.4) is 0 Å². The SMILES string of the molecule is Cc1cccc(NC(=O)C(=O)NCC[C@@H]2CCCCN2S(=O)(=O)c2ccc(F)cc2)c1C. The molecule has 0 aromatic heterocycles. The lowest BCUT2D eigenvalue weighted by atomic mass is 10.0. The van der Waals surface area contributed by atoms with Gasteiger partial charge in [-0.3, -0.25) is 9.59 Å². The van der Waals surface area contributed by atoms with Crippen molar-refractivity contribution in [3.63, 3.8) is 0 Å². The normalized spacial score (nSPS) is 17.0. The monoisotopic (exact) mass is 461 g/mol. The summed E-state index contributed by atoms with van der Waals surface area (Å²) in [6.45, 7) is 4.31. The molecule has 0 radical (unpaired) electrons. The number of halogens is 1. The van der Waals surface area contributed by atoms with Crippen LogP contribution in [0.4, 0.5) is 10.1 Å². The minimum Gasteiger partial charge on any atom is -0.348 e. The molecule has 1 heterocycles. The Morgan fingerprint density at radius 3 is 2.50 bits per heavy atom. The Labute approximate surface area is 188 Å². The molecule has 1 aliphatic heterocycles. The zero-order chi connectivity index (χ0) is 23.3. The third kappa shape index (κ3) is 5.52. The fraction of sp³-hybridized carbons (Fsp3) is 0.391. The fourth-order valence-corrected chi connectivity index (χ4v) is 5.54. The summed E-state index contributed by atoms with van der Waals surface area (Å²) in [4.78, 5) is 24.5. The molecule has 1 aliphatic rings. The number of hydrogen-bond donors (Lipinski definition) is 2. The largest absolute Gasteiger partial charge is 0.348 e. The zero-order valence-electron chi connectivity index (χ0n) is 18.2. The van der Waals surface area contributed by atoms with Crippen molar-refractivity contribution in [1.82, 2.24) is 9.62 Å². The number of aryl methyl sites for hydroxylation is 1. The molecule has 2 amide bonds. The number of piperidine rings is 1. The predicted molar refractivity (Wildman–Crippen MR) is 120 cm³/mol. The van der Waals surface area contributed by atoms with Crippen molar-refractivity contribution in [3.05, 3.63) is 59.4 Å². The maximum Gasteiger partial charge on any atom is 0.313 e. The molecule has 0 aliphatic carbocycles. The molecule has 7 nitrogen and oxygen atoms in total. The van der Waals surface area contributed by atoms with Gasteiger partial charge in [-0.25, -0.2) is 12.8 Å². The van der Waals surface area contributed by atoms with Crippen LogP contribution in [0.15, 0.2) is 47.4 Å². The number of nitrogens with one attached hydrogen (secondary N) is 2. The van der Waals surface area contributed by atoms with E-state index in [9.17, 15) is 22.4 Å². The second-order valence-electron chi connectivity index (χ2n) is 7.97. The van der Waals surface area contributed by atoms with E-state index in [1.807, 2.05) is 19.9 Å². The van der Waals surface area contributed by atoms with Crippen LogP contribution in [-0.4, -0.2) is 43.7 Å². The number of sulfonamides is 1. The van der Waals surface area contributed by atoms with Crippen LogP contribution in [0, 0.1) is 19.7 Å².